The maximum atomic E-state index is 13.7. The van der Waals surface area contributed by atoms with Crippen molar-refractivity contribution in [1.82, 2.24) is 9.80 Å². The van der Waals surface area contributed by atoms with Gasteiger partial charge in [-0.15, -0.1) is 17.9 Å². The fourth-order valence-corrected chi connectivity index (χ4v) is 7.27. The van der Waals surface area contributed by atoms with Crippen molar-refractivity contribution in [2.45, 2.75) is 36.8 Å². The number of guanidine groups is 1. The minimum absolute atomic E-state index is 0.0113. The fourth-order valence-electron chi connectivity index (χ4n) is 5.14. The van der Waals surface area contributed by atoms with Crippen molar-refractivity contribution in [1.29, 1.82) is 10.8 Å². The Morgan fingerprint density at radius 3 is 2.48 bits per heavy atom. The average molecular weight is 579 g/mol. The lowest BCUT2D eigenvalue weighted by Crippen LogP contribution is -2.41. The van der Waals surface area contributed by atoms with Crippen LogP contribution in [-0.2, 0) is 23.0 Å². The Balaban J connectivity index is 1.26. The lowest BCUT2D eigenvalue weighted by atomic mass is 9.99. The van der Waals surface area contributed by atoms with Crippen LogP contribution in [0.1, 0.15) is 28.8 Å². The van der Waals surface area contributed by atoms with Crippen LogP contribution in [0.5, 0.6) is 5.75 Å². The summed E-state index contributed by atoms with van der Waals surface area (Å²) in [5, 5.41) is 18.2. The number of nitrogens with one attached hydrogen (secondary N) is 2. The number of thiophene rings is 1. The molecule has 210 valence electrons. The lowest BCUT2D eigenvalue weighted by Gasteiger charge is -2.33. The van der Waals surface area contributed by atoms with Crippen molar-refractivity contribution in [2.24, 2.45) is 5.73 Å². The molecule has 5 rings (SSSR count). The Bertz CT molecular complexity index is 1480. The molecule has 0 amide bonds. The van der Waals surface area contributed by atoms with Crippen LogP contribution in [0.15, 0.2) is 77.5 Å². The second-order valence-corrected chi connectivity index (χ2v) is 12.7. The summed E-state index contributed by atoms with van der Waals surface area (Å²) >= 11 is 1.57. The molecule has 2 aromatic carbocycles. The molecule has 3 aromatic rings. The molecule has 3 heterocycles. The molecule has 0 radical (unpaired) electrons. The summed E-state index contributed by atoms with van der Waals surface area (Å²) < 4.78 is 34.9. The molecule has 1 fully saturated rings. The van der Waals surface area contributed by atoms with Gasteiger partial charge in [0.2, 0.25) is 0 Å². The van der Waals surface area contributed by atoms with Crippen LogP contribution in [0.4, 0.5) is 5.69 Å². The minimum atomic E-state index is -3.86. The Morgan fingerprint density at radius 2 is 1.82 bits per heavy atom. The number of benzene rings is 2. The molecule has 40 heavy (non-hydrogen) atoms. The van der Waals surface area contributed by atoms with E-state index in [1.54, 1.807) is 46.6 Å². The van der Waals surface area contributed by atoms with Gasteiger partial charge >= 0.3 is 0 Å². The number of anilines is 1. The van der Waals surface area contributed by atoms with E-state index in [9.17, 15) is 8.42 Å². The van der Waals surface area contributed by atoms with E-state index in [0.717, 1.165) is 48.4 Å². The molecule has 0 bridgehead atoms. The quantitative estimate of drug-likeness (QED) is 0.208. The van der Waals surface area contributed by atoms with Crippen molar-refractivity contribution < 1.29 is 13.2 Å². The monoisotopic (exact) mass is 578 g/mol. The fraction of sp³-hybridized carbons (Fsp3) is 0.310. The van der Waals surface area contributed by atoms with Crippen LogP contribution in [0.25, 0.3) is 0 Å². The highest BCUT2D eigenvalue weighted by Gasteiger charge is 2.27. The number of piperidine rings is 1. The highest BCUT2D eigenvalue weighted by Crippen LogP contribution is 2.30. The summed E-state index contributed by atoms with van der Waals surface area (Å²) in [6.07, 6.45) is 3.92. The first-order chi connectivity index (χ1) is 19.3. The van der Waals surface area contributed by atoms with Gasteiger partial charge in [0.05, 0.1) is 22.0 Å². The average Bonchev–Trinajstić information content (AvgIpc) is 3.51. The molecule has 0 spiro atoms. The predicted molar refractivity (Wildman–Crippen MR) is 160 cm³/mol. The summed E-state index contributed by atoms with van der Waals surface area (Å²) in [6, 6.07) is 16.1. The van der Waals surface area contributed by atoms with E-state index < -0.39 is 10.0 Å². The Kier molecular flexibility index (Phi) is 8.13. The lowest BCUT2D eigenvalue weighted by molar-refractivity contribution is 0.131. The molecule has 1 saturated heterocycles. The molecule has 2 aliphatic heterocycles. The smallest absolute Gasteiger partial charge is 0.264 e. The topological polar surface area (TPSA) is 127 Å². The van der Waals surface area contributed by atoms with E-state index in [4.69, 9.17) is 21.3 Å². The zero-order valence-electron chi connectivity index (χ0n) is 22.3. The molecule has 2 aliphatic rings. The summed E-state index contributed by atoms with van der Waals surface area (Å²) in [7, 11) is -3.86. The van der Waals surface area contributed by atoms with Gasteiger partial charge in [0.25, 0.3) is 10.0 Å². The number of ether oxygens (including phenoxy) is 1. The maximum absolute atomic E-state index is 13.7. The zero-order chi connectivity index (χ0) is 28.3. The van der Waals surface area contributed by atoms with Crippen molar-refractivity contribution >= 4 is 38.8 Å². The van der Waals surface area contributed by atoms with Crippen molar-refractivity contribution in [2.75, 3.05) is 30.5 Å². The number of nitrogens with two attached hydrogens (primary N) is 1. The highest BCUT2D eigenvalue weighted by atomic mass is 32.2. The standard InChI is InChI=1S/C29H34N6O3S2/c1-2-14-35(23-6-5-21-11-15-34(29(31)32)20-22(21)19-23)40(36,37)26-9-7-24(8-10-26)38-25-12-16-33(17-13-25)28(30)27-4-3-18-39-27/h2-10,18-19,25,30H,1,11-17,20H2,(H3,31,32). The number of fused-ring (bicyclic) bond motifs is 1. The predicted octanol–water partition coefficient (Wildman–Crippen LogP) is 4.25. The first-order valence-electron chi connectivity index (χ1n) is 13.2. The molecule has 0 saturated carbocycles. The third kappa shape index (κ3) is 5.85. The Morgan fingerprint density at radius 1 is 1.07 bits per heavy atom. The van der Waals surface area contributed by atoms with Crippen molar-refractivity contribution in [3.8, 4) is 5.75 Å². The van der Waals surface area contributed by atoms with Crippen LogP contribution < -0.4 is 14.8 Å². The summed E-state index contributed by atoms with van der Waals surface area (Å²) in [6.45, 7) is 6.52. The number of hydrogen-bond acceptors (Lipinski definition) is 6. The van der Waals surface area contributed by atoms with E-state index in [0.29, 0.717) is 30.4 Å². The number of sulfonamides is 1. The molecular formula is C29H34N6O3S2. The van der Waals surface area contributed by atoms with Gasteiger partial charge in [-0.3, -0.25) is 15.1 Å². The second kappa shape index (κ2) is 11.7. The second-order valence-electron chi connectivity index (χ2n) is 9.94. The van der Waals surface area contributed by atoms with E-state index in [2.05, 4.69) is 11.5 Å². The number of hydrogen-bond donors (Lipinski definition) is 3. The molecule has 11 heteroatoms. The number of likely N-dealkylation sites (tertiary alicyclic amines) is 1. The molecule has 0 unspecified atom stereocenters. The van der Waals surface area contributed by atoms with Gasteiger partial charge in [0.15, 0.2) is 5.96 Å². The molecule has 9 nitrogen and oxygen atoms in total. The van der Waals surface area contributed by atoms with E-state index >= 15 is 0 Å². The van der Waals surface area contributed by atoms with Crippen LogP contribution in [0.3, 0.4) is 0 Å². The minimum Gasteiger partial charge on any atom is -0.490 e. The molecule has 0 atom stereocenters. The van der Waals surface area contributed by atoms with Gasteiger partial charge in [-0.2, -0.15) is 0 Å². The SMILES string of the molecule is C=CCN(c1ccc2c(c1)CN(C(=N)N)CC2)S(=O)(=O)c1ccc(OC2CCN(C(=N)c3cccs3)CC2)cc1. The van der Waals surface area contributed by atoms with Gasteiger partial charge in [-0.25, -0.2) is 8.42 Å². The third-order valence-corrected chi connectivity index (χ3v) is 10.0. The van der Waals surface area contributed by atoms with Gasteiger partial charge in [0.1, 0.15) is 17.7 Å². The van der Waals surface area contributed by atoms with Crippen molar-refractivity contribution in [3.05, 3.63) is 88.6 Å². The van der Waals surface area contributed by atoms with E-state index in [1.807, 2.05) is 35.7 Å². The normalized spacial score (nSPS) is 15.8. The largest absolute Gasteiger partial charge is 0.490 e. The van der Waals surface area contributed by atoms with Crippen LogP contribution in [-0.4, -0.2) is 62.3 Å². The van der Waals surface area contributed by atoms with E-state index in [-0.39, 0.29) is 23.5 Å². The molecule has 0 aliphatic carbocycles. The van der Waals surface area contributed by atoms with E-state index in [1.165, 1.54) is 4.31 Å². The van der Waals surface area contributed by atoms with Gasteiger partial charge in [-0.05, 0) is 65.4 Å². The first-order valence-corrected chi connectivity index (χ1v) is 15.6. The first kappa shape index (κ1) is 27.7. The molecular weight excluding hydrogens is 544 g/mol. The highest BCUT2D eigenvalue weighted by molar-refractivity contribution is 7.92. The summed E-state index contributed by atoms with van der Waals surface area (Å²) in [5.41, 5.74) is 8.33. The molecule has 4 N–H and O–H groups in total. The van der Waals surface area contributed by atoms with Crippen LogP contribution in [0, 0.1) is 10.8 Å². The number of nitrogens with zero attached hydrogens (tertiary/aromatic N) is 3. The van der Waals surface area contributed by atoms with Crippen LogP contribution in [0.2, 0.25) is 0 Å². The third-order valence-electron chi connectivity index (χ3n) is 7.35. The van der Waals surface area contributed by atoms with Crippen molar-refractivity contribution in [3.63, 3.8) is 0 Å². The van der Waals surface area contributed by atoms with Gasteiger partial charge in [-0.1, -0.05) is 18.2 Å². The van der Waals surface area contributed by atoms with Gasteiger partial charge < -0.3 is 20.3 Å². The number of rotatable bonds is 8. The maximum Gasteiger partial charge on any atom is 0.264 e. The number of amidine groups is 1. The zero-order valence-corrected chi connectivity index (χ0v) is 23.9. The summed E-state index contributed by atoms with van der Waals surface area (Å²) in [5.74, 6) is 1.19. The molecule has 1 aromatic heterocycles. The summed E-state index contributed by atoms with van der Waals surface area (Å²) in [4.78, 5) is 4.99. The Hall–Kier alpha value is -3.83. The Labute approximate surface area is 239 Å². The van der Waals surface area contributed by atoms with Crippen LogP contribution >= 0.6 is 11.3 Å². The van der Waals surface area contributed by atoms with Gasteiger partial charge in [0, 0.05) is 39.0 Å².